The molecule has 0 amide bonds. The normalized spacial score (nSPS) is 11.8. The van der Waals surface area contributed by atoms with Crippen molar-refractivity contribution in [2.24, 2.45) is 0 Å². The molecule has 0 aliphatic heterocycles. The Morgan fingerprint density at radius 2 is 1.51 bits per heavy atom. The number of hydrogen-bond acceptors (Lipinski definition) is 7. The molecule has 0 saturated heterocycles. The molecule has 10 nitrogen and oxygen atoms in total. The lowest BCUT2D eigenvalue weighted by molar-refractivity contribution is -0.160. The lowest BCUT2D eigenvalue weighted by Crippen LogP contribution is -2.27. The van der Waals surface area contributed by atoms with Crippen LogP contribution in [-0.4, -0.2) is 71.0 Å². The summed E-state index contributed by atoms with van der Waals surface area (Å²) in [6.45, 7) is 7.51. The summed E-state index contributed by atoms with van der Waals surface area (Å²) in [7, 11) is 0. The number of aryl methyl sites for hydroxylation is 2. The molecular formula is C37H42ClFN4O6. The second-order valence-electron chi connectivity index (χ2n) is 12.6. The molecule has 0 saturated carbocycles. The van der Waals surface area contributed by atoms with Crippen molar-refractivity contribution in [3.63, 3.8) is 0 Å². The minimum atomic E-state index is -0.529. The van der Waals surface area contributed by atoms with Crippen LogP contribution in [-0.2, 0) is 43.0 Å². The van der Waals surface area contributed by atoms with Gasteiger partial charge >= 0.3 is 5.97 Å². The van der Waals surface area contributed by atoms with Crippen molar-refractivity contribution in [2.45, 2.75) is 52.1 Å². The fourth-order valence-corrected chi connectivity index (χ4v) is 5.44. The third-order valence-corrected chi connectivity index (χ3v) is 7.82. The number of aromatic nitrogens is 4. The molecule has 2 N–H and O–H groups in total. The van der Waals surface area contributed by atoms with E-state index in [1.807, 2.05) is 32.9 Å². The van der Waals surface area contributed by atoms with Gasteiger partial charge in [-0.05, 0) is 93.5 Å². The molecule has 0 atom stereocenters. The fourth-order valence-electron chi connectivity index (χ4n) is 5.27. The molecule has 0 bridgehead atoms. The summed E-state index contributed by atoms with van der Waals surface area (Å²) in [5.41, 5.74) is 4.95. The molecule has 2 heterocycles. The first kappa shape index (κ1) is 36.0. The van der Waals surface area contributed by atoms with Gasteiger partial charge in [-0.15, -0.1) is 0 Å². The standard InChI is InChI=1S/C37H42ClFN4O6/c1-37(2,3)49-33(44)24-48-22-21-47-20-19-46-18-4-5-25-6-11-27(12-7-25)34-30(16-10-26-8-14-29(39)15-9-26)35(45)43(42-34)36-40-31-17-13-28(38)23-32(31)41-36/h6-9,11-15,17,23,42H,4-5,10,16,18-22,24H2,1-3H3,(H,40,41). The van der Waals surface area contributed by atoms with E-state index in [0.717, 1.165) is 35.0 Å². The van der Waals surface area contributed by atoms with E-state index >= 15 is 0 Å². The number of ether oxygens (including phenoxy) is 4. The maximum atomic E-state index is 13.8. The summed E-state index contributed by atoms with van der Waals surface area (Å²) in [6.07, 6.45) is 2.69. The molecule has 2 aromatic heterocycles. The van der Waals surface area contributed by atoms with Gasteiger partial charge in [0.1, 0.15) is 18.0 Å². The van der Waals surface area contributed by atoms with Gasteiger partial charge in [-0.3, -0.25) is 9.89 Å². The Morgan fingerprint density at radius 3 is 2.22 bits per heavy atom. The molecule has 5 rings (SSSR count). The number of esters is 1. The van der Waals surface area contributed by atoms with E-state index in [1.165, 1.54) is 16.8 Å². The zero-order valence-electron chi connectivity index (χ0n) is 28.0. The van der Waals surface area contributed by atoms with E-state index in [-0.39, 0.29) is 18.0 Å². The molecule has 0 unspecified atom stereocenters. The third-order valence-electron chi connectivity index (χ3n) is 7.59. The van der Waals surface area contributed by atoms with Crippen LogP contribution in [0, 0.1) is 5.82 Å². The van der Waals surface area contributed by atoms with Crippen LogP contribution in [0.5, 0.6) is 0 Å². The van der Waals surface area contributed by atoms with Crippen LogP contribution in [0.1, 0.15) is 43.9 Å². The second-order valence-corrected chi connectivity index (χ2v) is 13.1. The summed E-state index contributed by atoms with van der Waals surface area (Å²) in [5, 5.41) is 3.85. The van der Waals surface area contributed by atoms with E-state index in [4.69, 9.17) is 30.5 Å². The van der Waals surface area contributed by atoms with Crippen LogP contribution in [0.4, 0.5) is 4.39 Å². The SMILES string of the molecule is CC(C)(C)OC(=O)COCCOCCOCCCc1ccc(-c2[nH]n(-c3nc4ccc(Cl)cc4[nH]3)c(=O)c2CCc2ccc(F)cc2)cc1. The van der Waals surface area contributed by atoms with E-state index < -0.39 is 11.6 Å². The molecule has 0 radical (unpaired) electrons. The molecule has 0 aliphatic carbocycles. The molecule has 5 aromatic rings. The van der Waals surface area contributed by atoms with Crippen molar-refractivity contribution in [3.8, 4) is 17.2 Å². The first-order valence-electron chi connectivity index (χ1n) is 16.3. The first-order chi connectivity index (χ1) is 23.6. The van der Waals surface area contributed by atoms with Crippen molar-refractivity contribution in [1.29, 1.82) is 0 Å². The minimum Gasteiger partial charge on any atom is -0.458 e. The number of rotatable bonds is 17. The number of carbonyl (C=O) groups excluding carboxylic acids is 1. The summed E-state index contributed by atoms with van der Waals surface area (Å²) in [5.74, 6) is -0.326. The number of carbonyl (C=O) groups is 1. The van der Waals surface area contributed by atoms with Crippen LogP contribution < -0.4 is 5.56 Å². The van der Waals surface area contributed by atoms with Crippen molar-refractivity contribution in [2.75, 3.05) is 39.6 Å². The topological polar surface area (TPSA) is 120 Å². The Balaban J connectivity index is 1.13. The molecule has 0 aliphatic rings. The van der Waals surface area contributed by atoms with E-state index in [2.05, 4.69) is 27.2 Å². The number of halogens is 2. The Hall–Kier alpha value is -4.29. The number of imidazole rings is 1. The van der Waals surface area contributed by atoms with E-state index in [9.17, 15) is 14.0 Å². The highest BCUT2D eigenvalue weighted by Gasteiger charge is 2.19. The molecule has 0 spiro atoms. The van der Waals surface area contributed by atoms with Gasteiger partial charge in [-0.2, -0.15) is 4.68 Å². The number of H-pyrrole nitrogens is 2. The number of fused-ring (bicyclic) bond motifs is 1. The van der Waals surface area contributed by atoms with Gasteiger partial charge in [0, 0.05) is 17.2 Å². The van der Waals surface area contributed by atoms with E-state index in [0.29, 0.717) is 73.6 Å². The van der Waals surface area contributed by atoms with Crippen LogP contribution in [0.3, 0.4) is 0 Å². The highest BCUT2D eigenvalue weighted by molar-refractivity contribution is 6.31. The Morgan fingerprint density at radius 1 is 0.857 bits per heavy atom. The smallest absolute Gasteiger partial charge is 0.332 e. The molecular weight excluding hydrogens is 651 g/mol. The number of nitrogens with one attached hydrogen (secondary N) is 2. The van der Waals surface area contributed by atoms with Gasteiger partial charge in [0.05, 0.1) is 43.2 Å². The largest absolute Gasteiger partial charge is 0.458 e. The minimum absolute atomic E-state index is 0.0972. The average Bonchev–Trinajstić information content (AvgIpc) is 3.62. The monoisotopic (exact) mass is 692 g/mol. The molecule has 12 heteroatoms. The van der Waals surface area contributed by atoms with Crippen molar-refractivity contribution < 1.29 is 28.1 Å². The highest BCUT2D eigenvalue weighted by Crippen LogP contribution is 2.24. The summed E-state index contributed by atoms with van der Waals surface area (Å²) < 4.78 is 36.6. The first-order valence-corrected chi connectivity index (χ1v) is 16.7. The Labute approximate surface area is 289 Å². The zero-order valence-corrected chi connectivity index (χ0v) is 28.8. The van der Waals surface area contributed by atoms with Crippen LogP contribution >= 0.6 is 11.6 Å². The van der Waals surface area contributed by atoms with Gasteiger partial charge in [-0.1, -0.05) is 48.0 Å². The highest BCUT2D eigenvalue weighted by atomic mass is 35.5. The van der Waals surface area contributed by atoms with Gasteiger partial charge in [-0.25, -0.2) is 14.2 Å². The number of nitrogens with zero attached hydrogens (tertiary/aromatic N) is 2. The van der Waals surface area contributed by atoms with Crippen molar-refractivity contribution in [3.05, 3.63) is 105 Å². The number of aromatic amines is 2. The summed E-state index contributed by atoms with van der Waals surface area (Å²) in [4.78, 5) is 33.2. The maximum Gasteiger partial charge on any atom is 0.332 e. The zero-order chi connectivity index (χ0) is 34.8. The molecule has 260 valence electrons. The van der Waals surface area contributed by atoms with Crippen LogP contribution in [0.2, 0.25) is 5.02 Å². The predicted molar refractivity (Wildman–Crippen MR) is 187 cm³/mol. The molecule has 49 heavy (non-hydrogen) atoms. The van der Waals surface area contributed by atoms with Crippen molar-refractivity contribution in [1.82, 2.24) is 19.7 Å². The second kappa shape index (κ2) is 16.9. The Kier molecular flexibility index (Phi) is 12.4. The van der Waals surface area contributed by atoms with Gasteiger partial charge in [0.25, 0.3) is 5.56 Å². The van der Waals surface area contributed by atoms with Crippen molar-refractivity contribution >= 4 is 28.6 Å². The summed E-state index contributed by atoms with van der Waals surface area (Å²) in [6, 6.07) is 19.8. The molecule has 3 aromatic carbocycles. The Bertz CT molecular complexity index is 1880. The van der Waals surface area contributed by atoms with Crippen LogP contribution in [0.15, 0.2) is 71.5 Å². The third kappa shape index (κ3) is 10.6. The average molecular weight is 693 g/mol. The predicted octanol–water partition coefficient (Wildman–Crippen LogP) is 6.61. The maximum absolute atomic E-state index is 13.8. The lowest BCUT2D eigenvalue weighted by atomic mass is 10.00. The fraction of sp³-hybridized carbons (Fsp3) is 0.378. The van der Waals surface area contributed by atoms with Gasteiger partial charge in [0.15, 0.2) is 0 Å². The number of hydrogen-bond donors (Lipinski definition) is 2. The summed E-state index contributed by atoms with van der Waals surface area (Å²) >= 11 is 6.16. The molecule has 0 fully saturated rings. The lowest BCUT2D eigenvalue weighted by Gasteiger charge is -2.19. The van der Waals surface area contributed by atoms with E-state index in [1.54, 1.807) is 30.3 Å². The number of benzene rings is 3. The van der Waals surface area contributed by atoms with Gasteiger partial charge < -0.3 is 23.9 Å². The quantitative estimate of drug-likeness (QED) is 0.0831. The van der Waals surface area contributed by atoms with Gasteiger partial charge in [0.2, 0.25) is 5.95 Å². The van der Waals surface area contributed by atoms with Crippen LogP contribution in [0.25, 0.3) is 28.2 Å².